The van der Waals surface area contributed by atoms with Crippen molar-refractivity contribution >= 4 is 11.8 Å². The third-order valence-electron chi connectivity index (χ3n) is 3.45. The molecule has 0 aliphatic heterocycles. The van der Waals surface area contributed by atoms with E-state index in [9.17, 15) is 14.0 Å². The molecule has 0 spiro atoms. The topological polar surface area (TPSA) is 43.9 Å². The molecule has 0 aliphatic carbocycles. The molecule has 0 bridgehead atoms. The molecular formula is C16H24FN3O2. The molecule has 1 aromatic rings. The first-order chi connectivity index (χ1) is 10.3. The van der Waals surface area contributed by atoms with Crippen molar-refractivity contribution in [3.63, 3.8) is 0 Å². The van der Waals surface area contributed by atoms with E-state index in [-0.39, 0.29) is 37.3 Å². The Kier molecular flexibility index (Phi) is 6.98. The lowest BCUT2D eigenvalue weighted by atomic mass is 10.2. The number of likely N-dealkylation sites (N-methyl/N-ethyl adjacent to an activating group) is 3. The van der Waals surface area contributed by atoms with Crippen LogP contribution >= 0.6 is 0 Å². The van der Waals surface area contributed by atoms with E-state index >= 15 is 0 Å². The third-order valence-corrected chi connectivity index (χ3v) is 3.45. The van der Waals surface area contributed by atoms with Crippen LogP contribution in [0.25, 0.3) is 0 Å². The number of benzene rings is 1. The molecule has 0 N–H and O–H groups in total. The Labute approximate surface area is 131 Å². The molecule has 0 aromatic heterocycles. The number of rotatable bonds is 7. The summed E-state index contributed by atoms with van der Waals surface area (Å²) in [5.74, 6) is -0.514. The van der Waals surface area contributed by atoms with E-state index in [1.807, 2.05) is 6.92 Å². The fourth-order valence-electron chi connectivity index (χ4n) is 1.89. The molecule has 5 nitrogen and oxygen atoms in total. The molecule has 0 radical (unpaired) electrons. The third kappa shape index (κ3) is 5.44. The van der Waals surface area contributed by atoms with E-state index < -0.39 is 0 Å². The van der Waals surface area contributed by atoms with Crippen LogP contribution in [0.3, 0.4) is 0 Å². The first-order valence-electron chi connectivity index (χ1n) is 7.25. The highest BCUT2D eigenvalue weighted by atomic mass is 19.1. The van der Waals surface area contributed by atoms with Gasteiger partial charge in [-0.1, -0.05) is 25.1 Å². The predicted molar refractivity (Wildman–Crippen MR) is 83.7 cm³/mol. The van der Waals surface area contributed by atoms with Gasteiger partial charge in [-0.2, -0.15) is 0 Å². The van der Waals surface area contributed by atoms with Crippen LogP contribution in [0.5, 0.6) is 0 Å². The number of hydrogen-bond donors (Lipinski definition) is 0. The Bertz CT molecular complexity index is 520. The summed E-state index contributed by atoms with van der Waals surface area (Å²) in [6, 6.07) is 6.39. The van der Waals surface area contributed by atoms with Crippen molar-refractivity contribution < 1.29 is 14.0 Å². The Morgan fingerprint density at radius 2 is 1.64 bits per heavy atom. The molecule has 0 heterocycles. The summed E-state index contributed by atoms with van der Waals surface area (Å²) in [7, 11) is 5.00. The standard InChI is InChI=1S/C16H24FN3O2/c1-5-20(11-15(21)18(2)3)12-16(22)19(4)10-13-8-6-7-9-14(13)17/h6-9H,5,10-12H2,1-4H3. The van der Waals surface area contributed by atoms with Gasteiger partial charge in [-0.15, -0.1) is 0 Å². The maximum Gasteiger partial charge on any atom is 0.236 e. The van der Waals surface area contributed by atoms with Gasteiger partial charge in [0.25, 0.3) is 0 Å². The van der Waals surface area contributed by atoms with Crippen LogP contribution in [0.4, 0.5) is 4.39 Å². The molecule has 0 atom stereocenters. The summed E-state index contributed by atoms with van der Waals surface area (Å²) >= 11 is 0. The number of carbonyl (C=O) groups is 2. The van der Waals surface area contributed by atoms with Gasteiger partial charge in [-0.3, -0.25) is 14.5 Å². The lowest BCUT2D eigenvalue weighted by Gasteiger charge is -2.24. The van der Waals surface area contributed by atoms with E-state index in [1.165, 1.54) is 15.9 Å². The second-order valence-corrected chi connectivity index (χ2v) is 5.43. The summed E-state index contributed by atoms with van der Waals surface area (Å²) in [6.07, 6.45) is 0. The molecule has 0 aliphatic rings. The predicted octanol–water partition coefficient (Wildman–Crippen LogP) is 1.19. The molecular weight excluding hydrogens is 285 g/mol. The summed E-state index contributed by atoms with van der Waals surface area (Å²) in [5.41, 5.74) is 0.478. The number of halogens is 1. The highest BCUT2D eigenvalue weighted by Gasteiger charge is 2.17. The van der Waals surface area contributed by atoms with Crippen LogP contribution in [0.1, 0.15) is 12.5 Å². The quantitative estimate of drug-likeness (QED) is 0.760. The van der Waals surface area contributed by atoms with Crippen LogP contribution < -0.4 is 0 Å². The van der Waals surface area contributed by atoms with Gasteiger partial charge in [-0.05, 0) is 12.6 Å². The Morgan fingerprint density at radius 3 is 2.18 bits per heavy atom. The highest BCUT2D eigenvalue weighted by Crippen LogP contribution is 2.09. The maximum atomic E-state index is 13.6. The average Bonchev–Trinajstić information content (AvgIpc) is 2.48. The zero-order valence-electron chi connectivity index (χ0n) is 13.7. The summed E-state index contributed by atoms with van der Waals surface area (Å²) in [6.45, 7) is 3.04. The number of carbonyl (C=O) groups excluding carboxylic acids is 2. The van der Waals surface area contributed by atoms with E-state index in [1.54, 1.807) is 44.2 Å². The van der Waals surface area contributed by atoms with E-state index in [4.69, 9.17) is 0 Å². The normalized spacial score (nSPS) is 10.6. The van der Waals surface area contributed by atoms with Gasteiger partial charge >= 0.3 is 0 Å². The van der Waals surface area contributed by atoms with E-state index in [2.05, 4.69) is 0 Å². The Balaban J connectivity index is 2.59. The van der Waals surface area contributed by atoms with Crippen LogP contribution in [-0.4, -0.2) is 67.3 Å². The van der Waals surface area contributed by atoms with Gasteiger partial charge < -0.3 is 9.80 Å². The van der Waals surface area contributed by atoms with Crippen molar-refractivity contribution in [2.24, 2.45) is 0 Å². The van der Waals surface area contributed by atoms with Crippen LogP contribution in [-0.2, 0) is 16.1 Å². The zero-order chi connectivity index (χ0) is 16.7. The fraction of sp³-hybridized carbons (Fsp3) is 0.500. The monoisotopic (exact) mass is 309 g/mol. The maximum absolute atomic E-state index is 13.6. The molecule has 22 heavy (non-hydrogen) atoms. The molecule has 2 amide bonds. The smallest absolute Gasteiger partial charge is 0.236 e. The van der Waals surface area contributed by atoms with Crippen molar-refractivity contribution in [3.05, 3.63) is 35.6 Å². The minimum Gasteiger partial charge on any atom is -0.348 e. The van der Waals surface area contributed by atoms with Gasteiger partial charge in [0.05, 0.1) is 13.1 Å². The van der Waals surface area contributed by atoms with Crippen LogP contribution in [0.2, 0.25) is 0 Å². The van der Waals surface area contributed by atoms with Gasteiger partial charge in [0, 0.05) is 33.3 Å². The lowest BCUT2D eigenvalue weighted by molar-refractivity contribution is -0.134. The summed E-state index contributed by atoms with van der Waals surface area (Å²) in [5, 5.41) is 0. The Morgan fingerprint density at radius 1 is 1.05 bits per heavy atom. The molecule has 1 rings (SSSR count). The SMILES string of the molecule is CCN(CC(=O)N(C)C)CC(=O)N(C)Cc1ccccc1F. The molecule has 0 unspecified atom stereocenters. The molecule has 0 saturated carbocycles. The van der Waals surface area contributed by atoms with E-state index in [0.717, 1.165) is 0 Å². The zero-order valence-corrected chi connectivity index (χ0v) is 13.7. The Hall–Kier alpha value is -1.95. The van der Waals surface area contributed by atoms with Gasteiger partial charge in [-0.25, -0.2) is 4.39 Å². The number of amides is 2. The van der Waals surface area contributed by atoms with Crippen molar-refractivity contribution in [1.82, 2.24) is 14.7 Å². The minimum absolute atomic E-state index is 0.0496. The van der Waals surface area contributed by atoms with Gasteiger partial charge in [0.15, 0.2) is 0 Å². The second-order valence-electron chi connectivity index (χ2n) is 5.43. The first kappa shape index (κ1) is 18.1. The van der Waals surface area contributed by atoms with Crippen molar-refractivity contribution in [1.29, 1.82) is 0 Å². The molecule has 1 aromatic carbocycles. The van der Waals surface area contributed by atoms with Crippen LogP contribution in [0.15, 0.2) is 24.3 Å². The number of nitrogens with zero attached hydrogens (tertiary/aromatic N) is 3. The molecule has 0 fully saturated rings. The fourth-order valence-corrected chi connectivity index (χ4v) is 1.89. The number of hydrogen-bond acceptors (Lipinski definition) is 3. The molecule has 0 saturated heterocycles. The highest BCUT2D eigenvalue weighted by molar-refractivity contribution is 5.80. The lowest BCUT2D eigenvalue weighted by Crippen LogP contribution is -2.42. The van der Waals surface area contributed by atoms with Crippen molar-refractivity contribution in [3.8, 4) is 0 Å². The summed E-state index contributed by atoms with van der Waals surface area (Å²) in [4.78, 5) is 28.7. The second kappa shape index (κ2) is 8.48. The average molecular weight is 309 g/mol. The van der Waals surface area contributed by atoms with Gasteiger partial charge in [0.2, 0.25) is 11.8 Å². The molecule has 6 heteroatoms. The summed E-state index contributed by atoms with van der Waals surface area (Å²) < 4.78 is 13.6. The van der Waals surface area contributed by atoms with Crippen molar-refractivity contribution in [2.75, 3.05) is 40.8 Å². The van der Waals surface area contributed by atoms with Crippen LogP contribution in [0, 0.1) is 5.82 Å². The van der Waals surface area contributed by atoms with E-state index in [0.29, 0.717) is 12.1 Å². The molecule has 122 valence electrons. The van der Waals surface area contributed by atoms with Gasteiger partial charge in [0.1, 0.15) is 5.82 Å². The minimum atomic E-state index is -0.322. The first-order valence-corrected chi connectivity index (χ1v) is 7.25. The largest absolute Gasteiger partial charge is 0.348 e. The van der Waals surface area contributed by atoms with Crippen molar-refractivity contribution in [2.45, 2.75) is 13.5 Å².